The van der Waals surface area contributed by atoms with Crippen molar-refractivity contribution in [3.63, 3.8) is 0 Å². The Hall–Kier alpha value is -2.44. The number of aldehydes is 1. The Balaban J connectivity index is 2.75. The monoisotopic (exact) mass is 266 g/mol. The van der Waals surface area contributed by atoms with Gasteiger partial charge in [0.15, 0.2) is 5.75 Å². The highest BCUT2D eigenvalue weighted by Crippen LogP contribution is 2.27. The van der Waals surface area contributed by atoms with Crippen molar-refractivity contribution < 1.29 is 19.2 Å². The number of ether oxygens (including phenoxy) is 1. The van der Waals surface area contributed by atoms with E-state index in [1.807, 2.05) is 0 Å². The SMILES string of the molecule is CN(C)C(=O)CCOc1ccc(C=O)cc1[N+](=O)[O-]. The van der Waals surface area contributed by atoms with Crippen LogP contribution < -0.4 is 4.74 Å². The van der Waals surface area contributed by atoms with Crippen LogP contribution in [0.2, 0.25) is 0 Å². The van der Waals surface area contributed by atoms with Gasteiger partial charge in [-0.15, -0.1) is 0 Å². The standard InChI is InChI=1S/C12H14N2O5/c1-13(2)12(16)5-6-19-11-4-3-9(8-15)7-10(11)14(17)18/h3-4,7-8H,5-6H2,1-2H3. The Morgan fingerprint density at radius 2 is 2.16 bits per heavy atom. The summed E-state index contributed by atoms with van der Waals surface area (Å²) in [6.07, 6.45) is 0.645. The van der Waals surface area contributed by atoms with E-state index in [4.69, 9.17) is 4.74 Å². The first-order valence-electron chi connectivity index (χ1n) is 5.52. The maximum atomic E-state index is 11.3. The van der Waals surface area contributed by atoms with E-state index in [-0.39, 0.29) is 35.9 Å². The van der Waals surface area contributed by atoms with Crippen LogP contribution in [0.3, 0.4) is 0 Å². The van der Waals surface area contributed by atoms with Crippen molar-refractivity contribution in [2.45, 2.75) is 6.42 Å². The highest BCUT2D eigenvalue weighted by Gasteiger charge is 2.16. The van der Waals surface area contributed by atoms with E-state index in [9.17, 15) is 19.7 Å². The molecule has 102 valence electrons. The third kappa shape index (κ3) is 4.06. The maximum Gasteiger partial charge on any atom is 0.311 e. The van der Waals surface area contributed by atoms with Gasteiger partial charge in [-0.05, 0) is 12.1 Å². The molecule has 0 aromatic heterocycles. The molecule has 1 rings (SSSR count). The van der Waals surface area contributed by atoms with Crippen LogP contribution in [0, 0.1) is 10.1 Å². The predicted octanol–water partition coefficient (Wildman–Crippen LogP) is 1.26. The normalized spacial score (nSPS) is 9.79. The Morgan fingerprint density at radius 3 is 2.68 bits per heavy atom. The van der Waals surface area contributed by atoms with E-state index in [1.54, 1.807) is 14.1 Å². The molecule has 0 unspecified atom stereocenters. The average molecular weight is 266 g/mol. The first-order valence-corrected chi connectivity index (χ1v) is 5.52. The van der Waals surface area contributed by atoms with Crippen molar-refractivity contribution in [3.8, 4) is 5.75 Å². The fraction of sp³-hybridized carbons (Fsp3) is 0.333. The summed E-state index contributed by atoms with van der Waals surface area (Å²) in [4.78, 5) is 33.5. The lowest BCUT2D eigenvalue weighted by molar-refractivity contribution is -0.385. The molecule has 7 heteroatoms. The molecular formula is C12H14N2O5. The van der Waals surface area contributed by atoms with Crippen LogP contribution in [-0.4, -0.2) is 42.7 Å². The number of hydrogen-bond donors (Lipinski definition) is 0. The van der Waals surface area contributed by atoms with Crippen LogP contribution in [0.1, 0.15) is 16.8 Å². The Labute approximate surface area is 109 Å². The zero-order valence-corrected chi connectivity index (χ0v) is 10.7. The van der Waals surface area contributed by atoms with E-state index in [0.29, 0.717) is 6.29 Å². The lowest BCUT2D eigenvalue weighted by Crippen LogP contribution is -2.23. The highest BCUT2D eigenvalue weighted by molar-refractivity contribution is 5.77. The fourth-order valence-electron chi connectivity index (χ4n) is 1.34. The molecule has 0 aliphatic heterocycles. The molecule has 0 radical (unpaired) electrons. The lowest BCUT2D eigenvalue weighted by Gasteiger charge is -2.11. The molecule has 0 N–H and O–H groups in total. The Bertz CT molecular complexity index is 499. The number of nitrogens with zero attached hydrogens (tertiary/aromatic N) is 2. The molecule has 0 saturated carbocycles. The third-order valence-corrected chi connectivity index (χ3v) is 2.39. The van der Waals surface area contributed by atoms with E-state index < -0.39 is 4.92 Å². The van der Waals surface area contributed by atoms with E-state index in [2.05, 4.69) is 0 Å². The zero-order valence-electron chi connectivity index (χ0n) is 10.7. The van der Waals surface area contributed by atoms with Gasteiger partial charge in [0.2, 0.25) is 5.91 Å². The van der Waals surface area contributed by atoms with Crippen LogP contribution in [0.15, 0.2) is 18.2 Å². The van der Waals surface area contributed by atoms with Gasteiger partial charge < -0.3 is 9.64 Å². The van der Waals surface area contributed by atoms with E-state index >= 15 is 0 Å². The molecule has 7 nitrogen and oxygen atoms in total. The van der Waals surface area contributed by atoms with Gasteiger partial charge in [0.05, 0.1) is 18.0 Å². The van der Waals surface area contributed by atoms with Crippen LogP contribution in [0.4, 0.5) is 5.69 Å². The number of benzene rings is 1. The topological polar surface area (TPSA) is 89.8 Å². The van der Waals surface area contributed by atoms with Crippen LogP contribution in [0.5, 0.6) is 5.75 Å². The number of carbonyl (C=O) groups excluding carboxylic acids is 2. The number of amides is 1. The first kappa shape index (κ1) is 14.6. The van der Waals surface area contributed by atoms with Crippen LogP contribution in [0.25, 0.3) is 0 Å². The molecule has 0 spiro atoms. The van der Waals surface area contributed by atoms with Crippen molar-refractivity contribution in [1.29, 1.82) is 0 Å². The van der Waals surface area contributed by atoms with Crippen molar-refractivity contribution >= 4 is 17.9 Å². The van der Waals surface area contributed by atoms with Crippen molar-refractivity contribution in [2.75, 3.05) is 20.7 Å². The molecule has 0 fully saturated rings. The van der Waals surface area contributed by atoms with Gasteiger partial charge in [0.25, 0.3) is 0 Å². The van der Waals surface area contributed by atoms with Gasteiger partial charge in [-0.25, -0.2) is 0 Å². The molecule has 19 heavy (non-hydrogen) atoms. The molecule has 0 atom stereocenters. The summed E-state index contributed by atoms with van der Waals surface area (Å²) in [5.74, 6) is -0.0886. The number of rotatable bonds is 6. The summed E-state index contributed by atoms with van der Waals surface area (Å²) in [6.45, 7) is 0.0400. The molecular weight excluding hydrogens is 252 g/mol. The van der Waals surface area contributed by atoms with Gasteiger partial charge >= 0.3 is 5.69 Å². The summed E-state index contributed by atoms with van der Waals surface area (Å²) >= 11 is 0. The molecule has 1 amide bonds. The van der Waals surface area contributed by atoms with Crippen LogP contribution >= 0.6 is 0 Å². The minimum atomic E-state index is -0.629. The largest absolute Gasteiger partial charge is 0.486 e. The van der Waals surface area contributed by atoms with Crippen molar-refractivity contribution in [1.82, 2.24) is 4.90 Å². The summed E-state index contributed by atoms with van der Waals surface area (Å²) < 4.78 is 5.21. The number of nitro groups is 1. The van der Waals surface area contributed by atoms with Gasteiger partial charge in [0, 0.05) is 25.7 Å². The second kappa shape index (κ2) is 6.48. The minimum absolute atomic E-state index is 0.0400. The second-order valence-corrected chi connectivity index (χ2v) is 3.99. The zero-order chi connectivity index (χ0) is 14.4. The van der Waals surface area contributed by atoms with Gasteiger partial charge in [-0.1, -0.05) is 0 Å². The molecule has 0 bridgehead atoms. The number of carbonyl (C=O) groups is 2. The second-order valence-electron chi connectivity index (χ2n) is 3.99. The Kier molecular flexibility index (Phi) is 4.99. The summed E-state index contributed by atoms with van der Waals surface area (Å²) in [5.41, 5.74) is -0.0923. The summed E-state index contributed by atoms with van der Waals surface area (Å²) in [7, 11) is 3.23. The molecule has 1 aromatic rings. The molecule has 0 saturated heterocycles. The lowest BCUT2D eigenvalue weighted by atomic mass is 10.2. The quantitative estimate of drug-likeness (QED) is 0.439. The highest BCUT2D eigenvalue weighted by atomic mass is 16.6. The van der Waals surface area contributed by atoms with E-state index in [0.717, 1.165) is 6.07 Å². The van der Waals surface area contributed by atoms with Crippen molar-refractivity contribution in [3.05, 3.63) is 33.9 Å². The summed E-state index contributed by atoms with van der Waals surface area (Å²) in [6, 6.07) is 3.90. The molecule has 0 heterocycles. The number of nitro benzene ring substituents is 1. The predicted molar refractivity (Wildman–Crippen MR) is 67.3 cm³/mol. The van der Waals surface area contributed by atoms with Crippen LogP contribution in [-0.2, 0) is 4.79 Å². The van der Waals surface area contributed by atoms with Gasteiger partial charge in [0.1, 0.15) is 6.29 Å². The Morgan fingerprint density at radius 1 is 1.47 bits per heavy atom. The number of hydrogen-bond acceptors (Lipinski definition) is 5. The maximum absolute atomic E-state index is 11.3. The summed E-state index contributed by atoms with van der Waals surface area (Å²) in [5, 5.41) is 10.8. The fourth-order valence-corrected chi connectivity index (χ4v) is 1.34. The van der Waals surface area contributed by atoms with E-state index in [1.165, 1.54) is 17.0 Å². The van der Waals surface area contributed by atoms with Gasteiger partial charge in [-0.2, -0.15) is 0 Å². The molecule has 0 aliphatic carbocycles. The van der Waals surface area contributed by atoms with Gasteiger partial charge in [-0.3, -0.25) is 19.7 Å². The third-order valence-electron chi connectivity index (χ3n) is 2.39. The molecule has 1 aromatic carbocycles. The average Bonchev–Trinajstić information content (AvgIpc) is 2.38. The smallest absolute Gasteiger partial charge is 0.311 e. The molecule has 0 aliphatic rings. The minimum Gasteiger partial charge on any atom is -0.486 e. The first-order chi connectivity index (χ1) is 8.95. The van der Waals surface area contributed by atoms with Crippen molar-refractivity contribution in [2.24, 2.45) is 0 Å².